The monoisotopic (exact) mass is 396 g/mol. The standard InChI is InChI=1S/C16H14FIN2O/c17-11-4-5-13(14(18)8-11)16(21)20-7-6-12-10(9-20)2-1-3-15(12)19/h1-5,8H,6-7,9,19H2. The van der Waals surface area contributed by atoms with E-state index in [1.165, 1.54) is 12.1 Å². The van der Waals surface area contributed by atoms with Crippen LogP contribution in [0.5, 0.6) is 0 Å². The van der Waals surface area contributed by atoms with Crippen LogP contribution in [0, 0.1) is 9.39 Å². The highest BCUT2D eigenvalue weighted by molar-refractivity contribution is 14.1. The molecule has 0 saturated carbocycles. The first-order valence-corrected chi connectivity index (χ1v) is 7.74. The van der Waals surface area contributed by atoms with Gasteiger partial charge < -0.3 is 10.6 Å². The van der Waals surface area contributed by atoms with E-state index >= 15 is 0 Å². The summed E-state index contributed by atoms with van der Waals surface area (Å²) in [5, 5.41) is 0. The van der Waals surface area contributed by atoms with Gasteiger partial charge in [-0.05, 0) is 64.4 Å². The molecule has 2 aromatic carbocycles. The third-order valence-electron chi connectivity index (χ3n) is 3.75. The van der Waals surface area contributed by atoms with Gasteiger partial charge in [-0.25, -0.2) is 4.39 Å². The Morgan fingerprint density at radius 3 is 2.86 bits per heavy atom. The van der Waals surface area contributed by atoms with Crippen LogP contribution in [0.1, 0.15) is 21.5 Å². The molecule has 0 bridgehead atoms. The lowest BCUT2D eigenvalue weighted by Crippen LogP contribution is -2.36. The quantitative estimate of drug-likeness (QED) is 0.595. The predicted octanol–water partition coefficient (Wildman–Crippen LogP) is 3.21. The molecule has 1 heterocycles. The second-order valence-electron chi connectivity index (χ2n) is 5.09. The Bertz CT molecular complexity index is 717. The van der Waals surface area contributed by atoms with Crippen molar-refractivity contribution < 1.29 is 9.18 Å². The summed E-state index contributed by atoms with van der Waals surface area (Å²) in [5.74, 6) is -0.389. The van der Waals surface area contributed by atoms with Crippen molar-refractivity contribution in [2.24, 2.45) is 0 Å². The molecule has 108 valence electrons. The minimum atomic E-state index is -0.326. The Kier molecular flexibility index (Phi) is 3.84. The first kappa shape index (κ1) is 14.3. The number of hydrogen-bond acceptors (Lipinski definition) is 2. The van der Waals surface area contributed by atoms with Gasteiger partial charge in [-0.1, -0.05) is 12.1 Å². The van der Waals surface area contributed by atoms with E-state index in [0.717, 1.165) is 23.2 Å². The molecule has 1 amide bonds. The molecule has 1 aliphatic heterocycles. The molecule has 0 radical (unpaired) electrons. The molecule has 0 aliphatic carbocycles. The topological polar surface area (TPSA) is 46.3 Å². The van der Waals surface area contributed by atoms with E-state index < -0.39 is 0 Å². The number of hydrogen-bond donors (Lipinski definition) is 1. The molecule has 0 saturated heterocycles. The summed E-state index contributed by atoms with van der Waals surface area (Å²) in [6.45, 7) is 1.18. The molecule has 0 spiro atoms. The summed E-state index contributed by atoms with van der Waals surface area (Å²) in [4.78, 5) is 14.4. The lowest BCUT2D eigenvalue weighted by molar-refractivity contribution is 0.0733. The highest BCUT2D eigenvalue weighted by Gasteiger charge is 2.24. The lowest BCUT2D eigenvalue weighted by atomic mass is 9.97. The normalized spacial score (nSPS) is 13.9. The number of nitrogen functional groups attached to an aromatic ring is 1. The molecule has 0 atom stereocenters. The van der Waals surface area contributed by atoms with E-state index in [1.54, 1.807) is 11.0 Å². The molecule has 3 rings (SSSR count). The van der Waals surface area contributed by atoms with Gasteiger partial charge in [0.1, 0.15) is 5.82 Å². The van der Waals surface area contributed by atoms with E-state index in [9.17, 15) is 9.18 Å². The van der Waals surface area contributed by atoms with Crippen LogP contribution in [0.25, 0.3) is 0 Å². The summed E-state index contributed by atoms with van der Waals surface area (Å²) < 4.78 is 13.8. The molecule has 0 aromatic heterocycles. The molecule has 21 heavy (non-hydrogen) atoms. The van der Waals surface area contributed by atoms with Gasteiger partial charge in [0.25, 0.3) is 5.91 Å². The van der Waals surface area contributed by atoms with Crippen molar-refractivity contribution in [1.82, 2.24) is 4.90 Å². The van der Waals surface area contributed by atoms with Crippen LogP contribution >= 0.6 is 22.6 Å². The minimum Gasteiger partial charge on any atom is -0.398 e. The SMILES string of the molecule is Nc1cccc2c1CCN(C(=O)c1ccc(F)cc1I)C2. The van der Waals surface area contributed by atoms with Crippen molar-refractivity contribution in [1.29, 1.82) is 0 Å². The number of fused-ring (bicyclic) bond motifs is 1. The van der Waals surface area contributed by atoms with Crippen LogP contribution in [0.2, 0.25) is 0 Å². The number of anilines is 1. The first-order valence-electron chi connectivity index (χ1n) is 6.67. The van der Waals surface area contributed by atoms with Gasteiger partial charge >= 0.3 is 0 Å². The van der Waals surface area contributed by atoms with Crippen molar-refractivity contribution in [2.45, 2.75) is 13.0 Å². The van der Waals surface area contributed by atoms with Crippen LogP contribution < -0.4 is 5.73 Å². The van der Waals surface area contributed by atoms with Crippen LogP contribution in [-0.2, 0) is 13.0 Å². The molecule has 2 aromatic rings. The van der Waals surface area contributed by atoms with Gasteiger partial charge in [-0.2, -0.15) is 0 Å². The number of rotatable bonds is 1. The first-order chi connectivity index (χ1) is 10.1. The summed E-state index contributed by atoms with van der Waals surface area (Å²) in [5.41, 5.74) is 9.53. The highest BCUT2D eigenvalue weighted by Crippen LogP contribution is 2.26. The summed E-state index contributed by atoms with van der Waals surface area (Å²) >= 11 is 2.00. The van der Waals surface area contributed by atoms with E-state index in [0.29, 0.717) is 22.2 Å². The van der Waals surface area contributed by atoms with Crippen LogP contribution in [0.3, 0.4) is 0 Å². The number of nitrogens with zero attached hydrogens (tertiary/aromatic N) is 1. The molecule has 0 unspecified atom stereocenters. The summed E-state index contributed by atoms with van der Waals surface area (Å²) in [6.07, 6.45) is 0.755. The number of carbonyl (C=O) groups is 1. The number of nitrogens with two attached hydrogens (primary N) is 1. The summed E-state index contributed by atoms with van der Waals surface area (Å²) in [7, 11) is 0. The Labute approximate surface area is 136 Å². The van der Waals surface area contributed by atoms with Crippen molar-refractivity contribution in [3.63, 3.8) is 0 Å². The predicted molar refractivity (Wildman–Crippen MR) is 88.4 cm³/mol. The van der Waals surface area contributed by atoms with Crippen molar-refractivity contribution in [3.05, 3.63) is 62.5 Å². The highest BCUT2D eigenvalue weighted by atomic mass is 127. The second-order valence-corrected chi connectivity index (χ2v) is 6.25. The average molecular weight is 396 g/mol. The Hall–Kier alpha value is -1.63. The fourth-order valence-electron chi connectivity index (χ4n) is 2.65. The largest absolute Gasteiger partial charge is 0.398 e. The fraction of sp³-hybridized carbons (Fsp3) is 0.188. The molecular formula is C16H14FIN2O. The molecule has 5 heteroatoms. The van der Waals surface area contributed by atoms with Crippen molar-refractivity contribution in [2.75, 3.05) is 12.3 Å². The zero-order valence-electron chi connectivity index (χ0n) is 11.3. The van der Waals surface area contributed by atoms with Crippen LogP contribution in [-0.4, -0.2) is 17.4 Å². The third kappa shape index (κ3) is 2.74. The maximum absolute atomic E-state index is 13.2. The van der Waals surface area contributed by atoms with Crippen LogP contribution in [0.4, 0.5) is 10.1 Å². The van der Waals surface area contributed by atoms with Gasteiger partial charge in [0.15, 0.2) is 0 Å². The zero-order chi connectivity index (χ0) is 15.0. The molecule has 1 aliphatic rings. The molecular weight excluding hydrogens is 382 g/mol. The smallest absolute Gasteiger partial charge is 0.255 e. The van der Waals surface area contributed by atoms with Gasteiger partial charge in [0.2, 0.25) is 0 Å². The van der Waals surface area contributed by atoms with Gasteiger partial charge in [-0.15, -0.1) is 0 Å². The number of benzene rings is 2. The number of amides is 1. The molecule has 0 fully saturated rings. The lowest BCUT2D eigenvalue weighted by Gasteiger charge is -2.30. The third-order valence-corrected chi connectivity index (χ3v) is 4.64. The Balaban J connectivity index is 1.87. The summed E-state index contributed by atoms with van der Waals surface area (Å²) in [6, 6.07) is 10.0. The maximum atomic E-state index is 13.2. The van der Waals surface area contributed by atoms with E-state index in [-0.39, 0.29) is 11.7 Å². The second kappa shape index (κ2) is 5.63. The fourth-order valence-corrected chi connectivity index (χ4v) is 3.35. The Morgan fingerprint density at radius 2 is 2.10 bits per heavy atom. The minimum absolute atomic E-state index is 0.0625. The van der Waals surface area contributed by atoms with Crippen LogP contribution in [0.15, 0.2) is 36.4 Å². The molecule has 2 N–H and O–H groups in total. The van der Waals surface area contributed by atoms with Crippen molar-refractivity contribution in [3.8, 4) is 0 Å². The van der Waals surface area contributed by atoms with E-state index in [1.807, 2.05) is 40.8 Å². The maximum Gasteiger partial charge on any atom is 0.255 e. The van der Waals surface area contributed by atoms with Gasteiger partial charge in [0.05, 0.1) is 5.56 Å². The number of carbonyl (C=O) groups excluding carboxylic acids is 1. The molecule has 3 nitrogen and oxygen atoms in total. The zero-order valence-corrected chi connectivity index (χ0v) is 13.4. The van der Waals surface area contributed by atoms with Gasteiger partial charge in [0, 0.05) is 22.3 Å². The Morgan fingerprint density at radius 1 is 1.29 bits per heavy atom. The number of halogens is 2. The van der Waals surface area contributed by atoms with E-state index in [4.69, 9.17) is 5.73 Å². The van der Waals surface area contributed by atoms with Gasteiger partial charge in [-0.3, -0.25) is 4.79 Å². The van der Waals surface area contributed by atoms with E-state index in [2.05, 4.69) is 0 Å². The van der Waals surface area contributed by atoms with Crippen molar-refractivity contribution >= 4 is 34.2 Å². The average Bonchev–Trinajstić information content (AvgIpc) is 2.46.